The molecule has 13 heteroatoms. The summed E-state index contributed by atoms with van der Waals surface area (Å²) in [4.78, 5) is 46.5. The second-order valence-corrected chi connectivity index (χ2v) is 9.67. The molecular weight excluding hydrogens is 512 g/mol. The fourth-order valence-corrected chi connectivity index (χ4v) is 4.31. The van der Waals surface area contributed by atoms with Crippen LogP contribution < -0.4 is 14.8 Å². The smallest absolute Gasteiger partial charge is 0.274 e. The van der Waals surface area contributed by atoms with Crippen LogP contribution in [-0.2, 0) is 4.79 Å². The molecule has 1 aliphatic heterocycles. The first-order valence-corrected chi connectivity index (χ1v) is 12.2. The van der Waals surface area contributed by atoms with Crippen LogP contribution in [0.1, 0.15) is 37.0 Å². The number of nitrogens with one attached hydrogen (secondary N) is 1. The van der Waals surface area contributed by atoms with Crippen molar-refractivity contribution in [2.24, 2.45) is 0 Å². The van der Waals surface area contributed by atoms with E-state index in [0.29, 0.717) is 37.3 Å². The van der Waals surface area contributed by atoms with Crippen molar-refractivity contribution in [1.29, 1.82) is 0 Å². The average molecular weight is 542 g/mol. The average Bonchev–Trinajstić information content (AvgIpc) is 2.89. The fourth-order valence-electron chi connectivity index (χ4n) is 4.31. The van der Waals surface area contributed by atoms with Crippen molar-refractivity contribution >= 4 is 17.6 Å². The number of nitrogens with zero attached hydrogens (tertiary/aromatic N) is 6. The highest BCUT2D eigenvalue weighted by Gasteiger charge is 2.40. The molecule has 4 rings (SSSR count). The van der Waals surface area contributed by atoms with Gasteiger partial charge in [-0.05, 0) is 39.8 Å². The number of hydrogen-bond acceptors (Lipinski definition) is 9. The molecule has 0 spiro atoms. The summed E-state index contributed by atoms with van der Waals surface area (Å²) in [6, 6.07) is 2.37. The number of hydrogen-bond donors (Lipinski definition) is 1. The number of aryl methyl sites for hydroxylation is 1. The Hall–Kier alpha value is -4.26. The molecule has 1 N–H and O–H groups in total. The number of carbonyl (C=O) groups is 2. The zero-order chi connectivity index (χ0) is 28.3. The summed E-state index contributed by atoms with van der Waals surface area (Å²) in [5.74, 6) is -1.83. The Kier molecular flexibility index (Phi) is 8.00. The van der Waals surface area contributed by atoms with Crippen LogP contribution in [0, 0.1) is 18.6 Å². The van der Waals surface area contributed by atoms with E-state index in [2.05, 4.69) is 25.3 Å². The van der Waals surface area contributed by atoms with E-state index < -0.39 is 23.2 Å². The zero-order valence-electron chi connectivity index (χ0n) is 22.2. The first kappa shape index (κ1) is 27.8. The number of ether oxygens (including phenoxy) is 2. The van der Waals surface area contributed by atoms with E-state index in [1.165, 1.54) is 25.7 Å². The predicted octanol–water partition coefficient (Wildman–Crippen LogP) is 3.22. The van der Waals surface area contributed by atoms with Crippen molar-refractivity contribution in [3.05, 3.63) is 59.8 Å². The molecule has 1 saturated heterocycles. The van der Waals surface area contributed by atoms with E-state index in [4.69, 9.17) is 9.47 Å². The monoisotopic (exact) mass is 541 g/mol. The molecule has 0 bridgehead atoms. The van der Waals surface area contributed by atoms with Crippen molar-refractivity contribution in [1.82, 2.24) is 29.7 Å². The molecule has 0 radical (unpaired) electrons. The minimum absolute atomic E-state index is 0.0224. The quantitative estimate of drug-likeness (QED) is 0.480. The molecule has 1 aliphatic rings. The standard InChI is InChI=1S/C26H29F2N7O4/c1-15-24(38-5)31-11-19(32-15)25(37)35-9-8-34(14-26(35,3)4)16(2)23(36)33-21-12-30-22(13-29-21)39-20-7-6-17(27)10-18(20)28/h6-7,10-13,16H,8-9,14H2,1-5H3,(H,29,33,36)/t16-/m0/s1. The minimum atomic E-state index is -0.875. The van der Waals surface area contributed by atoms with Crippen LogP contribution in [0.25, 0.3) is 0 Å². The van der Waals surface area contributed by atoms with E-state index in [0.717, 1.165) is 12.1 Å². The molecule has 3 aromatic rings. The summed E-state index contributed by atoms with van der Waals surface area (Å²) in [5, 5.41) is 2.71. The van der Waals surface area contributed by atoms with Gasteiger partial charge in [-0.15, -0.1) is 0 Å². The Morgan fingerprint density at radius 3 is 2.49 bits per heavy atom. The van der Waals surface area contributed by atoms with Crippen LogP contribution in [0.3, 0.4) is 0 Å². The second kappa shape index (κ2) is 11.2. The highest BCUT2D eigenvalue weighted by Crippen LogP contribution is 2.26. The molecule has 0 aliphatic carbocycles. The number of rotatable bonds is 7. The van der Waals surface area contributed by atoms with Gasteiger partial charge in [-0.1, -0.05) is 0 Å². The van der Waals surface area contributed by atoms with E-state index in [9.17, 15) is 18.4 Å². The largest absolute Gasteiger partial charge is 0.480 e. The van der Waals surface area contributed by atoms with Crippen molar-refractivity contribution in [2.75, 3.05) is 32.1 Å². The Bertz CT molecular complexity index is 1370. The number of halogens is 2. The summed E-state index contributed by atoms with van der Waals surface area (Å²) in [6.45, 7) is 8.65. The highest BCUT2D eigenvalue weighted by atomic mass is 19.1. The summed E-state index contributed by atoms with van der Waals surface area (Å²) in [7, 11) is 1.49. The minimum Gasteiger partial charge on any atom is -0.480 e. The summed E-state index contributed by atoms with van der Waals surface area (Å²) < 4.78 is 37.3. The van der Waals surface area contributed by atoms with Gasteiger partial charge in [0.1, 0.15) is 17.2 Å². The maximum absolute atomic E-state index is 13.8. The van der Waals surface area contributed by atoms with Crippen LogP contribution in [0.15, 0.2) is 36.8 Å². The first-order valence-electron chi connectivity index (χ1n) is 12.2. The lowest BCUT2D eigenvalue weighted by molar-refractivity contribution is -0.122. The number of amides is 2. The molecule has 1 atom stereocenters. The van der Waals surface area contributed by atoms with Crippen LogP contribution in [0.4, 0.5) is 14.6 Å². The molecule has 3 heterocycles. The molecule has 2 amide bonds. The highest BCUT2D eigenvalue weighted by molar-refractivity contribution is 5.94. The number of piperazine rings is 1. The number of anilines is 1. The Balaban J connectivity index is 1.35. The summed E-state index contributed by atoms with van der Waals surface area (Å²) >= 11 is 0. The third kappa shape index (κ3) is 6.25. The van der Waals surface area contributed by atoms with E-state index >= 15 is 0 Å². The molecule has 0 unspecified atom stereocenters. The molecule has 206 valence electrons. The normalized spacial score (nSPS) is 15.9. The van der Waals surface area contributed by atoms with Crippen LogP contribution in [0.2, 0.25) is 0 Å². The second-order valence-electron chi connectivity index (χ2n) is 9.67. The topological polar surface area (TPSA) is 123 Å². The lowest BCUT2D eigenvalue weighted by Crippen LogP contribution is -2.63. The summed E-state index contributed by atoms with van der Waals surface area (Å²) in [6.07, 6.45) is 3.90. The van der Waals surface area contributed by atoms with Crippen LogP contribution >= 0.6 is 0 Å². The van der Waals surface area contributed by atoms with Gasteiger partial charge < -0.3 is 19.7 Å². The molecule has 0 saturated carbocycles. The molecule has 11 nitrogen and oxygen atoms in total. The number of carbonyl (C=O) groups excluding carboxylic acids is 2. The predicted molar refractivity (Wildman–Crippen MR) is 137 cm³/mol. The van der Waals surface area contributed by atoms with Gasteiger partial charge in [0.05, 0.1) is 37.3 Å². The van der Waals surface area contributed by atoms with E-state index in [1.54, 1.807) is 18.7 Å². The lowest BCUT2D eigenvalue weighted by atomic mass is 9.97. The zero-order valence-corrected chi connectivity index (χ0v) is 22.2. The van der Waals surface area contributed by atoms with Crippen molar-refractivity contribution in [3.63, 3.8) is 0 Å². The van der Waals surface area contributed by atoms with Crippen LogP contribution in [-0.4, -0.2) is 79.9 Å². The number of benzene rings is 1. The number of methoxy groups -OCH3 is 1. The van der Waals surface area contributed by atoms with Gasteiger partial charge >= 0.3 is 0 Å². The van der Waals surface area contributed by atoms with Gasteiger partial charge in [0.15, 0.2) is 17.4 Å². The van der Waals surface area contributed by atoms with Crippen molar-refractivity contribution < 1.29 is 27.8 Å². The van der Waals surface area contributed by atoms with E-state index in [-0.39, 0.29) is 35.0 Å². The maximum Gasteiger partial charge on any atom is 0.274 e. The van der Waals surface area contributed by atoms with Crippen molar-refractivity contribution in [3.8, 4) is 17.5 Å². The molecule has 39 heavy (non-hydrogen) atoms. The molecule has 1 aromatic carbocycles. The van der Waals surface area contributed by atoms with Crippen molar-refractivity contribution in [2.45, 2.75) is 39.3 Å². The maximum atomic E-state index is 13.8. The van der Waals surface area contributed by atoms with Gasteiger partial charge in [-0.3, -0.25) is 14.5 Å². The Morgan fingerprint density at radius 2 is 1.87 bits per heavy atom. The van der Waals surface area contributed by atoms with Gasteiger partial charge in [0.25, 0.3) is 5.91 Å². The van der Waals surface area contributed by atoms with Gasteiger partial charge in [-0.2, -0.15) is 0 Å². The van der Waals surface area contributed by atoms with Gasteiger partial charge in [0.2, 0.25) is 17.7 Å². The fraction of sp³-hybridized carbons (Fsp3) is 0.385. The Labute approximate surface area is 224 Å². The Morgan fingerprint density at radius 1 is 1.10 bits per heavy atom. The number of aromatic nitrogens is 4. The van der Waals surface area contributed by atoms with E-state index in [1.807, 2.05) is 18.7 Å². The SMILES string of the molecule is COc1ncc(C(=O)N2CCN([C@@H](C)C(=O)Nc3cnc(Oc4ccc(F)cc4F)cn3)CC2(C)C)nc1C. The molecule has 1 fully saturated rings. The third-order valence-corrected chi connectivity index (χ3v) is 6.41. The van der Waals surface area contributed by atoms with Gasteiger partial charge in [-0.25, -0.2) is 28.7 Å². The molecular formula is C26H29F2N7O4. The third-order valence-electron chi connectivity index (χ3n) is 6.41. The summed E-state index contributed by atoms with van der Waals surface area (Å²) in [5.41, 5.74) is 0.164. The molecule has 2 aromatic heterocycles. The van der Waals surface area contributed by atoms with Gasteiger partial charge in [0, 0.05) is 25.7 Å². The van der Waals surface area contributed by atoms with Crippen LogP contribution in [0.5, 0.6) is 17.5 Å². The lowest BCUT2D eigenvalue weighted by Gasteiger charge is -2.48. The first-order chi connectivity index (χ1) is 18.5.